The van der Waals surface area contributed by atoms with Crippen molar-refractivity contribution in [3.63, 3.8) is 0 Å². The van der Waals surface area contributed by atoms with Crippen LogP contribution in [-0.4, -0.2) is 76.0 Å². The summed E-state index contributed by atoms with van der Waals surface area (Å²) in [6, 6.07) is 20.3. The average Bonchev–Trinajstić information content (AvgIpc) is 3.52. The van der Waals surface area contributed by atoms with Crippen molar-refractivity contribution in [2.24, 2.45) is 0 Å². The maximum absolute atomic E-state index is 14.6. The van der Waals surface area contributed by atoms with Crippen LogP contribution in [0.2, 0.25) is 0 Å². The molecule has 2 N–H and O–H groups in total. The molecular weight excluding hydrogens is 847 g/mol. The number of nitrogens with zero attached hydrogens (tertiary/aromatic N) is 2. The predicted molar refractivity (Wildman–Crippen MR) is 244 cm³/mol. The zero-order valence-corrected chi connectivity index (χ0v) is 38.2. The summed E-state index contributed by atoms with van der Waals surface area (Å²) in [7, 11) is -3.82. The van der Waals surface area contributed by atoms with E-state index in [0.29, 0.717) is 68.2 Å². The van der Waals surface area contributed by atoms with Crippen molar-refractivity contribution in [2.75, 3.05) is 59.5 Å². The Morgan fingerprint density at radius 2 is 1.43 bits per heavy atom. The number of sulfonamides is 1. The van der Waals surface area contributed by atoms with Gasteiger partial charge in [0.05, 0.1) is 39.4 Å². The van der Waals surface area contributed by atoms with Crippen LogP contribution in [0, 0.1) is 0 Å². The zero-order chi connectivity index (χ0) is 45.4. The van der Waals surface area contributed by atoms with Crippen molar-refractivity contribution in [1.82, 2.24) is 9.30 Å². The second kappa shape index (κ2) is 18.0. The topological polar surface area (TPSA) is 174 Å². The van der Waals surface area contributed by atoms with Crippen molar-refractivity contribution in [2.45, 2.75) is 56.4 Å². The molecule has 0 bridgehead atoms. The Bertz CT molecular complexity index is 3070. The van der Waals surface area contributed by atoms with Gasteiger partial charge in [0.1, 0.15) is 29.3 Å². The third-order valence-corrected chi connectivity index (χ3v) is 14.1. The summed E-state index contributed by atoms with van der Waals surface area (Å²) < 4.78 is 101. The molecule has 1 heterocycles. The number of methoxy groups -OCH3 is 4. The van der Waals surface area contributed by atoms with Gasteiger partial charge in [-0.15, -0.1) is 0 Å². The van der Waals surface area contributed by atoms with Gasteiger partial charge in [-0.2, -0.15) is 8.42 Å². The van der Waals surface area contributed by atoms with Crippen LogP contribution < -0.4 is 43.9 Å². The van der Waals surface area contributed by atoms with Crippen molar-refractivity contribution < 1.29 is 44.8 Å². The Labute approximate surface area is 367 Å². The van der Waals surface area contributed by atoms with Crippen LogP contribution in [-0.2, 0) is 26.6 Å². The molecule has 0 amide bonds. The minimum absolute atomic E-state index is 0.0290. The van der Waals surface area contributed by atoms with E-state index in [1.807, 2.05) is 64.1 Å². The van der Waals surface area contributed by atoms with Gasteiger partial charge in [0, 0.05) is 64.6 Å². The Morgan fingerprint density at radius 1 is 0.746 bits per heavy atom. The number of fused-ring (bicyclic) bond motifs is 5. The summed E-state index contributed by atoms with van der Waals surface area (Å²) >= 11 is 0. The molecule has 1 unspecified atom stereocenters. The van der Waals surface area contributed by atoms with Crippen LogP contribution in [0.25, 0.3) is 44.5 Å². The first-order valence-electron chi connectivity index (χ1n) is 20.7. The second-order valence-electron chi connectivity index (χ2n) is 15.0. The maximum atomic E-state index is 14.6. The molecular formula is C47H52N3O11S2+. The Kier molecular flexibility index (Phi) is 12.9. The lowest BCUT2D eigenvalue weighted by Crippen LogP contribution is -2.29. The molecule has 1 aliphatic heterocycles. The zero-order valence-electron chi connectivity index (χ0n) is 36.6. The number of nitrogens with one attached hydrogen (secondary N) is 1. The molecule has 63 heavy (non-hydrogen) atoms. The van der Waals surface area contributed by atoms with Gasteiger partial charge >= 0.3 is 0 Å². The molecule has 4 aromatic carbocycles. The summed E-state index contributed by atoms with van der Waals surface area (Å²) in [5, 5.41) is 1.46. The van der Waals surface area contributed by atoms with E-state index in [9.17, 15) is 26.2 Å². The van der Waals surface area contributed by atoms with Crippen LogP contribution in [0.3, 0.4) is 0 Å². The number of aryl methyl sites for hydroxylation is 1. The van der Waals surface area contributed by atoms with Gasteiger partial charge in [-0.1, -0.05) is 12.1 Å². The number of hydrogen-bond acceptors (Lipinski definition) is 11. The van der Waals surface area contributed by atoms with Crippen molar-refractivity contribution in [3.8, 4) is 56.6 Å². The molecule has 7 rings (SSSR count). The summed E-state index contributed by atoms with van der Waals surface area (Å²) in [5.74, 6) is 1.53. The third kappa shape index (κ3) is 8.35. The van der Waals surface area contributed by atoms with E-state index in [1.165, 1.54) is 52.7 Å². The molecule has 0 spiro atoms. The number of rotatable bonds is 14. The molecule has 2 aliphatic carbocycles. The Hall–Kier alpha value is -5.94. The normalized spacial score (nSPS) is 13.8. The first kappa shape index (κ1) is 45.1. The lowest BCUT2D eigenvalue weighted by atomic mass is 9.93. The highest BCUT2D eigenvalue weighted by molar-refractivity contribution is 7.89. The van der Waals surface area contributed by atoms with Gasteiger partial charge in [0.15, 0.2) is 17.2 Å². The molecule has 4 aromatic rings. The van der Waals surface area contributed by atoms with E-state index in [1.54, 1.807) is 12.1 Å². The maximum Gasteiger partial charge on any atom is 0.295 e. The van der Waals surface area contributed by atoms with Gasteiger partial charge < -0.3 is 28.3 Å². The van der Waals surface area contributed by atoms with Crippen LogP contribution >= 0.6 is 0 Å². The standard InChI is InChI=1S/C47H51N3O11S2/c1-9-49(10-2)29-14-17-33-40(24-29)61-41-25-30(50(11-3)12-4)15-18-34(41)45(33)35-19-16-31(26-43(35)63(54,55)56)62(52,53)48-37-21-13-28-23-42(58-6)46(59-7)47(60-8)44(28)32-20-22-39(57-5)38(51)27-36(32)37/h14-20,22-27,37,48H,9-13,21H2,1-8H3/p+1. The van der Waals surface area contributed by atoms with Crippen molar-refractivity contribution >= 4 is 36.8 Å². The minimum atomic E-state index is -5.06. The van der Waals surface area contributed by atoms with Crippen LogP contribution in [0.5, 0.6) is 23.0 Å². The molecule has 0 saturated heterocycles. The highest BCUT2D eigenvalue weighted by Crippen LogP contribution is 2.51. The SMILES string of the molecule is CCN(CC)c1ccc2c(-c3ccc(S(=O)(=O)NC4CCc5cc(OC)c(OC)c(OC)c5-c5ccc(OC)c(=O)cc54)cc3S(=O)(=O)O)c3ccc(=[N+](CC)CC)cc-3oc2c1. The molecule has 0 fully saturated rings. The van der Waals surface area contributed by atoms with E-state index in [-0.39, 0.29) is 17.7 Å². The minimum Gasteiger partial charge on any atom is -0.493 e. The first-order chi connectivity index (χ1) is 30.2. The summed E-state index contributed by atoms with van der Waals surface area (Å²) in [6.45, 7) is 11.2. The molecule has 0 radical (unpaired) electrons. The fourth-order valence-corrected chi connectivity index (χ4v) is 10.7. The van der Waals surface area contributed by atoms with E-state index >= 15 is 0 Å². The quantitative estimate of drug-likeness (QED) is 0.0644. The van der Waals surface area contributed by atoms with Gasteiger partial charge in [0.25, 0.3) is 10.1 Å². The second-order valence-corrected chi connectivity index (χ2v) is 18.1. The summed E-state index contributed by atoms with van der Waals surface area (Å²) in [6.07, 6.45) is 0.479. The van der Waals surface area contributed by atoms with Crippen LogP contribution in [0.4, 0.5) is 5.69 Å². The van der Waals surface area contributed by atoms with Crippen LogP contribution in [0.1, 0.15) is 51.3 Å². The Balaban J connectivity index is 1.42. The highest BCUT2D eigenvalue weighted by atomic mass is 32.2. The molecule has 332 valence electrons. The van der Waals surface area contributed by atoms with E-state index in [4.69, 9.17) is 23.4 Å². The molecule has 0 saturated carbocycles. The van der Waals surface area contributed by atoms with Gasteiger partial charge in [-0.05, 0) is 106 Å². The monoisotopic (exact) mass is 898 g/mol. The van der Waals surface area contributed by atoms with Gasteiger partial charge in [0.2, 0.25) is 26.6 Å². The van der Waals surface area contributed by atoms with Gasteiger partial charge in [-0.25, -0.2) is 17.7 Å². The lowest BCUT2D eigenvalue weighted by molar-refractivity contribution is 0.324. The fourth-order valence-electron chi connectivity index (χ4n) is 8.66. The Morgan fingerprint density at radius 3 is 2.06 bits per heavy atom. The smallest absolute Gasteiger partial charge is 0.295 e. The summed E-state index contributed by atoms with van der Waals surface area (Å²) in [5.41, 5.74) is 4.07. The molecule has 1 atom stereocenters. The number of anilines is 1. The van der Waals surface area contributed by atoms with E-state index in [0.717, 1.165) is 48.9 Å². The van der Waals surface area contributed by atoms with Crippen molar-refractivity contribution in [3.05, 3.63) is 106 Å². The number of hydrogen-bond donors (Lipinski definition) is 2. The molecule has 3 aliphatic rings. The average molecular weight is 899 g/mol. The number of benzene rings is 4. The largest absolute Gasteiger partial charge is 0.493 e. The van der Waals surface area contributed by atoms with Crippen LogP contribution in [0.15, 0.2) is 97.9 Å². The lowest BCUT2D eigenvalue weighted by Gasteiger charge is -2.23. The first-order valence-corrected chi connectivity index (χ1v) is 23.6. The molecule has 14 nitrogen and oxygen atoms in total. The molecule has 0 aromatic heterocycles. The third-order valence-electron chi connectivity index (χ3n) is 11.8. The highest BCUT2D eigenvalue weighted by Gasteiger charge is 2.33. The van der Waals surface area contributed by atoms with Crippen molar-refractivity contribution in [1.29, 1.82) is 0 Å². The fraction of sp³-hybridized carbons (Fsp3) is 0.319. The van der Waals surface area contributed by atoms with E-state index in [2.05, 4.69) is 14.2 Å². The predicted octanol–water partition coefficient (Wildman–Crippen LogP) is 7.14. The molecule has 16 heteroatoms. The van der Waals surface area contributed by atoms with Gasteiger partial charge in [-0.3, -0.25) is 9.35 Å². The van der Waals surface area contributed by atoms with E-state index < -0.39 is 41.4 Å². The number of ether oxygens (including phenoxy) is 4. The summed E-state index contributed by atoms with van der Waals surface area (Å²) in [4.78, 5) is 14.6.